The topological polar surface area (TPSA) is 69.2 Å². The summed E-state index contributed by atoms with van der Waals surface area (Å²) in [6.45, 7) is 2.62. The summed E-state index contributed by atoms with van der Waals surface area (Å²) in [6.07, 6.45) is 4.41. The van der Waals surface area contributed by atoms with E-state index in [4.69, 9.17) is 5.11 Å². The highest BCUT2D eigenvalue weighted by molar-refractivity contribution is 5.66. The van der Waals surface area contributed by atoms with Crippen LogP contribution in [0.25, 0.3) is 11.3 Å². The Morgan fingerprint density at radius 3 is 2.72 bits per heavy atom. The normalized spacial score (nSPS) is 16.2. The molecular weight excluding hydrogens is 328 g/mol. The van der Waals surface area contributed by atoms with Gasteiger partial charge in [-0.3, -0.25) is 4.79 Å². The summed E-state index contributed by atoms with van der Waals surface area (Å²) >= 11 is 0. The second kappa shape index (κ2) is 7.74. The van der Waals surface area contributed by atoms with Crippen LogP contribution >= 0.6 is 0 Å². The quantitative estimate of drug-likeness (QED) is 0.839. The Kier molecular flexibility index (Phi) is 5.43. The molecule has 2 aromatic rings. The lowest BCUT2D eigenvalue weighted by atomic mass is 9.96. The molecule has 7 heteroatoms. The molecule has 0 unspecified atom stereocenters. The van der Waals surface area contributed by atoms with Crippen LogP contribution in [0.1, 0.15) is 37.4 Å². The highest BCUT2D eigenvalue weighted by atomic mass is 19.2. The van der Waals surface area contributed by atoms with Crippen LogP contribution in [-0.4, -0.2) is 45.6 Å². The van der Waals surface area contributed by atoms with Crippen LogP contribution in [-0.2, 0) is 4.79 Å². The number of piperidine rings is 1. The Morgan fingerprint density at radius 2 is 2.04 bits per heavy atom. The van der Waals surface area contributed by atoms with Crippen LogP contribution in [0.5, 0.6) is 0 Å². The zero-order valence-corrected chi connectivity index (χ0v) is 13.8. The van der Waals surface area contributed by atoms with E-state index in [1.54, 1.807) is 6.20 Å². The summed E-state index contributed by atoms with van der Waals surface area (Å²) in [5, 5.41) is 8.69. The number of benzene rings is 1. The number of carboxylic acid groups (broad SMARTS) is 1. The van der Waals surface area contributed by atoms with E-state index in [1.807, 2.05) is 0 Å². The van der Waals surface area contributed by atoms with Crippen molar-refractivity contribution in [3.63, 3.8) is 0 Å². The largest absolute Gasteiger partial charge is 0.481 e. The van der Waals surface area contributed by atoms with E-state index in [2.05, 4.69) is 14.9 Å². The molecule has 25 heavy (non-hydrogen) atoms. The third-order valence-electron chi connectivity index (χ3n) is 4.67. The van der Waals surface area contributed by atoms with Gasteiger partial charge < -0.3 is 15.0 Å². The van der Waals surface area contributed by atoms with Crippen molar-refractivity contribution in [2.45, 2.75) is 31.6 Å². The average Bonchev–Trinajstić information content (AvgIpc) is 3.08. The molecule has 1 fully saturated rings. The zero-order valence-electron chi connectivity index (χ0n) is 13.8. The molecule has 0 aliphatic carbocycles. The van der Waals surface area contributed by atoms with E-state index in [0.717, 1.165) is 50.4 Å². The van der Waals surface area contributed by atoms with E-state index in [-0.39, 0.29) is 6.42 Å². The number of nitrogens with zero attached hydrogens (tertiary/aromatic N) is 2. The van der Waals surface area contributed by atoms with Gasteiger partial charge in [0.15, 0.2) is 11.6 Å². The van der Waals surface area contributed by atoms with E-state index in [1.165, 1.54) is 6.07 Å². The number of rotatable bonds is 6. The van der Waals surface area contributed by atoms with Gasteiger partial charge in [-0.1, -0.05) is 0 Å². The van der Waals surface area contributed by atoms with Gasteiger partial charge in [-0.05, 0) is 57.1 Å². The minimum absolute atomic E-state index is 0.204. The molecule has 3 rings (SSSR count). The summed E-state index contributed by atoms with van der Waals surface area (Å²) in [5.74, 6) is -1.32. The Morgan fingerprint density at radius 1 is 1.28 bits per heavy atom. The lowest BCUT2D eigenvalue weighted by Crippen LogP contribution is -2.34. The molecule has 1 aliphatic heterocycles. The van der Waals surface area contributed by atoms with Crippen molar-refractivity contribution in [2.75, 3.05) is 19.6 Å². The Balaban J connectivity index is 1.56. The maximum Gasteiger partial charge on any atom is 0.303 e. The first kappa shape index (κ1) is 17.5. The van der Waals surface area contributed by atoms with Crippen LogP contribution in [0.2, 0.25) is 0 Å². The van der Waals surface area contributed by atoms with Crippen LogP contribution in [0, 0.1) is 11.6 Å². The number of halogens is 2. The predicted octanol–water partition coefficient (Wildman–Crippen LogP) is 3.40. The van der Waals surface area contributed by atoms with Crippen molar-refractivity contribution in [3.05, 3.63) is 41.9 Å². The molecule has 2 N–H and O–H groups in total. The van der Waals surface area contributed by atoms with Crippen molar-refractivity contribution >= 4 is 5.97 Å². The minimum atomic E-state index is -0.872. The molecule has 0 radical (unpaired) electrons. The van der Waals surface area contributed by atoms with Crippen molar-refractivity contribution in [2.24, 2.45) is 0 Å². The number of hydrogen-bond acceptors (Lipinski definition) is 3. The second-order valence-corrected chi connectivity index (χ2v) is 6.42. The highest BCUT2D eigenvalue weighted by Gasteiger charge is 2.23. The predicted molar refractivity (Wildman–Crippen MR) is 89.2 cm³/mol. The van der Waals surface area contributed by atoms with E-state index in [0.29, 0.717) is 23.6 Å². The first-order chi connectivity index (χ1) is 12.0. The number of aromatic amines is 1. The monoisotopic (exact) mass is 349 g/mol. The molecule has 1 saturated heterocycles. The number of likely N-dealkylation sites (tertiary alicyclic amines) is 1. The second-order valence-electron chi connectivity index (χ2n) is 6.42. The fourth-order valence-electron chi connectivity index (χ4n) is 3.24. The SMILES string of the molecule is O=C(O)CCCN1CCC(c2ncc(-c3ccc(F)c(F)c3)[nH]2)CC1. The summed E-state index contributed by atoms with van der Waals surface area (Å²) in [4.78, 5) is 20.5. The number of aromatic nitrogens is 2. The van der Waals surface area contributed by atoms with Gasteiger partial charge in [-0.25, -0.2) is 13.8 Å². The van der Waals surface area contributed by atoms with Gasteiger partial charge in [0.1, 0.15) is 5.82 Å². The highest BCUT2D eigenvalue weighted by Crippen LogP contribution is 2.28. The van der Waals surface area contributed by atoms with Crippen molar-refractivity contribution in [3.8, 4) is 11.3 Å². The number of hydrogen-bond donors (Lipinski definition) is 2. The lowest BCUT2D eigenvalue weighted by Gasteiger charge is -2.30. The number of imidazole rings is 1. The lowest BCUT2D eigenvalue weighted by molar-refractivity contribution is -0.137. The van der Waals surface area contributed by atoms with E-state index in [9.17, 15) is 13.6 Å². The first-order valence-corrected chi connectivity index (χ1v) is 8.47. The molecule has 0 atom stereocenters. The van der Waals surface area contributed by atoms with Crippen LogP contribution in [0.4, 0.5) is 8.78 Å². The molecule has 1 aromatic heterocycles. The minimum Gasteiger partial charge on any atom is -0.481 e. The number of carbonyl (C=O) groups is 1. The van der Waals surface area contributed by atoms with Gasteiger partial charge >= 0.3 is 5.97 Å². The number of nitrogens with one attached hydrogen (secondary N) is 1. The standard InChI is InChI=1S/C18H21F2N3O2/c19-14-4-3-13(10-15(14)20)16-11-21-18(22-16)12-5-8-23(9-6-12)7-1-2-17(24)25/h3-4,10-12H,1-2,5-9H2,(H,21,22)(H,24,25). The summed E-state index contributed by atoms with van der Waals surface area (Å²) in [7, 11) is 0. The van der Waals surface area contributed by atoms with Gasteiger partial charge in [-0.15, -0.1) is 0 Å². The van der Waals surface area contributed by atoms with Gasteiger partial charge in [0.05, 0.1) is 11.9 Å². The van der Waals surface area contributed by atoms with Crippen LogP contribution < -0.4 is 0 Å². The molecule has 1 aliphatic rings. The van der Waals surface area contributed by atoms with Gasteiger partial charge in [0, 0.05) is 17.9 Å². The third kappa shape index (κ3) is 4.42. The fourth-order valence-corrected chi connectivity index (χ4v) is 3.24. The summed E-state index contributed by atoms with van der Waals surface area (Å²) in [5.41, 5.74) is 1.25. The van der Waals surface area contributed by atoms with Crippen LogP contribution in [0.3, 0.4) is 0 Å². The first-order valence-electron chi connectivity index (χ1n) is 8.47. The molecule has 0 amide bonds. The molecule has 1 aromatic carbocycles. The van der Waals surface area contributed by atoms with Gasteiger partial charge in [-0.2, -0.15) is 0 Å². The molecule has 0 bridgehead atoms. The summed E-state index contributed by atoms with van der Waals surface area (Å²) < 4.78 is 26.4. The maximum absolute atomic E-state index is 13.4. The van der Waals surface area contributed by atoms with Gasteiger partial charge in [0.25, 0.3) is 0 Å². The molecule has 134 valence electrons. The fraction of sp³-hybridized carbons (Fsp3) is 0.444. The third-order valence-corrected chi connectivity index (χ3v) is 4.67. The number of H-pyrrole nitrogens is 1. The van der Waals surface area contributed by atoms with Crippen molar-refractivity contribution < 1.29 is 18.7 Å². The Labute approximate surface area is 144 Å². The molecular formula is C18H21F2N3O2. The maximum atomic E-state index is 13.4. The smallest absolute Gasteiger partial charge is 0.303 e. The molecule has 0 saturated carbocycles. The van der Waals surface area contributed by atoms with E-state index >= 15 is 0 Å². The molecule has 0 spiro atoms. The number of carboxylic acids is 1. The average molecular weight is 349 g/mol. The van der Waals surface area contributed by atoms with Crippen molar-refractivity contribution in [1.29, 1.82) is 0 Å². The number of aliphatic carboxylic acids is 1. The molecule has 2 heterocycles. The van der Waals surface area contributed by atoms with E-state index < -0.39 is 17.6 Å². The van der Waals surface area contributed by atoms with Crippen molar-refractivity contribution in [1.82, 2.24) is 14.9 Å². The van der Waals surface area contributed by atoms with Gasteiger partial charge in [0.2, 0.25) is 0 Å². The Hall–Kier alpha value is -2.28. The van der Waals surface area contributed by atoms with Crippen LogP contribution in [0.15, 0.2) is 24.4 Å². The summed E-state index contributed by atoms with van der Waals surface area (Å²) in [6, 6.07) is 3.80. The molecule has 5 nitrogen and oxygen atoms in total. The zero-order chi connectivity index (χ0) is 17.8. The Bertz CT molecular complexity index is 740.